The van der Waals surface area contributed by atoms with Crippen LogP contribution < -0.4 is 10.1 Å². The van der Waals surface area contributed by atoms with Gasteiger partial charge < -0.3 is 15.0 Å². The van der Waals surface area contributed by atoms with Crippen molar-refractivity contribution in [2.45, 2.75) is 44.7 Å². The number of nitrogens with one attached hydrogen (secondary N) is 2. The highest BCUT2D eigenvalue weighted by Crippen LogP contribution is 2.40. The fourth-order valence-corrected chi connectivity index (χ4v) is 4.71. The van der Waals surface area contributed by atoms with Crippen LogP contribution in [0.1, 0.15) is 42.5 Å². The topological polar surface area (TPSA) is 79.9 Å². The molecule has 3 aromatic rings. The molecule has 14 heteroatoms. The molecule has 6 nitrogen and oxygen atoms in total. The summed E-state index contributed by atoms with van der Waals surface area (Å²) in [4.78, 5) is 23.9. The van der Waals surface area contributed by atoms with Gasteiger partial charge in [-0.05, 0) is 62.3 Å². The Kier molecular flexibility index (Phi) is 8.95. The van der Waals surface area contributed by atoms with Crippen LogP contribution in [0, 0.1) is 17.7 Å². The van der Waals surface area contributed by atoms with E-state index in [-0.39, 0.29) is 63.0 Å². The van der Waals surface area contributed by atoms with Gasteiger partial charge in [0.1, 0.15) is 0 Å². The maximum Gasteiger partial charge on any atom is 0.391 e. The van der Waals surface area contributed by atoms with Gasteiger partial charge in [0.2, 0.25) is 11.8 Å². The molecule has 1 saturated carbocycles. The third-order valence-corrected chi connectivity index (χ3v) is 6.99. The summed E-state index contributed by atoms with van der Waals surface area (Å²) in [5.41, 5.74) is -0.104. The molecule has 210 valence electrons. The van der Waals surface area contributed by atoms with Gasteiger partial charge in [0.05, 0.1) is 32.7 Å². The molecule has 0 unspecified atom stereocenters. The number of carbonyl (C=O) groups excluding carboxylic acids is 1. The number of aromatic nitrogens is 3. The maximum atomic E-state index is 14.4. The summed E-state index contributed by atoms with van der Waals surface area (Å²) in [6, 6.07) is 3.95. The molecule has 0 radical (unpaired) electrons. The summed E-state index contributed by atoms with van der Waals surface area (Å²) in [7, 11) is 0. The molecule has 0 amide bonds. The maximum absolute atomic E-state index is 14.4. The largest absolute Gasteiger partial charge is 0.471 e. The smallest absolute Gasteiger partial charge is 0.391 e. The van der Waals surface area contributed by atoms with Gasteiger partial charge in [-0.2, -0.15) is 23.1 Å². The van der Waals surface area contributed by atoms with Crippen LogP contribution in [-0.2, 0) is 0 Å². The standard InChI is InChI=1S/C25H22Cl2F6N4O2/c26-15-8-9-16(27)21(20(15)30)35-24-34-17-10-14(23(36-22(17)37-24)39-11-19(28)29)18(38)3-1-2-12-4-6-13(7-5-12)25(31,32)33/h1,3,8-10,12-13,19H,2,4-7,11H2,(H2,34,35,36,37)/b3-1+. The molecule has 4 rings (SSSR count). The van der Waals surface area contributed by atoms with E-state index in [2.05, 4.69) is 20.3 Å². The summed E-state index contributed by atoms with van der Waals surface area (Å²) < 4.78 is 83.7. The zero-order valence-electron chi connectivity index (χ0n) is 20.1. The molecule has 0 bridgehead atoms. The van der Waals surface area contributed by atoms with Gasteiger partial charge in [-0.1, -0.05) is 29.3 Å². The molecule has 1 aliphatic carbocycles. The molecule has 2 heterocycles. The van der Waals surface area contributed by atoms with Crippen LogP contribution >= 0.6 is 23.2 Å². The number of rotatable bonds is 9. The van der Waals surface area contributed by atoms with E-state index < -0.39 is 36.7 Å². The van der Waals surface area contributed by atoms with Gasteiger partial charge in [-0.15, -0.1) is 0 Å². The summed E-state index contributed by atoms with van der Waals surface area (Å²) in [5.74, 6) is -3.13. The Bertz CT molecular complexity index is 1370. The number of nitrogens with zero attached hydrogens (tertiary/aromatic N) is 2. The molecule has 0 aliphatic heterocycles. The number of benzene rings is 1. The number of anilines is 2. The van der Waals surface area contributed by atoms with Crippen LogP contribution in [0.3, 0.4) is 0 Å². The Labute approximate surface area is 228 Å². The van der Waals surface area contributed by atoms with Crippen molar-refractivity contribution >= 4 is 51.8 Å². The number of hydrogen-bond acceptors (Lipinski definition) is 5. The molecule has 0 saturated heterocycles. The second-order valence-electron chi connectivity index (χ2n) is 9.10. The molecule has 1 aromatic carbocycles. The number of alkyl halides is 5. The Morgan fingerprint density at radius 1 is 1.15 bits per heavy atom. The Hall–Kier alpha value is -2.99. The number of hydrogen-bond donors (Lipinski definition) is 2. The lowest BCUT2D eigenvalue weighted by Gasteiger charge is -2.29. The quantitative estimate of drug-likeness (QED) is 0.113. The van der Waals surface area contributed by atoms with Gasteiger partial charge in [0, 0.05) is 0 Å². The predicted octanol–water partition coefficient (Wildman–Crippen LogP) is 8.29. The fraction of sp³-hybridized carbons (Fsp3) is 0.400. The normalized spacial score (nSPS) is 18.3. The predicted molar refractivity (Wildman–Crippen MR) is 135 cm³/mol. The van der Waals surface area contributed by atoms with Crippen molar-refractivity contribution in [3.63, 3.8) is 0 Å². The third-order valence-electron chi connectivity index (χ3n) is 6.39. The lowest BCUT2D eigenvalue weighted by atomic mass is 9.80. The van der Waals surface area contributed by atoms with Crippen LogP contribution in [0.5, 0.6) is 5.88 Å². The van der Waals surface area contributed by atoms with Crippen LogP contribution in [0.2, 0.25) is 10.0 Å². The van der Waals surface area contributed by atoms with Crippen LogP contribution in [-0.4, -0.2) is 39.9 Å². The molecule has 39 heavy (non-hydrogen) atoms. The Morgan fingerprint density at radius 3 is 2.51 bits per heavy atom. The number of halogens is 8. The number of carbonyl (C=O) groups is 1. The molecule has 2 N–H and O–H groups in total. The van der Waals surface area contributed by atoms with Crippen molar-refractivity contribution in [3.8, 4) is 5.88 Å². The van der Waals surface area contributed by atoms with Crippen molar-refractivity contribution in [2.75, 3.05) is 11.9 Å². The minimum absolute atomic E-state index is 0.00255. The number of H-pyrrole nitrogens is 1. The third kappa shape index (κ3) is 7.16. The van der Waals surface area contributed by atoms with Crippen LogP contribution in [0.15, 0.2) is 30.4 Å². The van der Waals surface area contributed by atoms with Gasteiger partial charge in [-0.25, -0.2) is 13.2 Å². The van der Waals surface area contributed by atoms with E-state index in [1.807, 2.05) is 0 Å². The molecule has 0 atom stereocenters. The molecule has 1 fully saturated rings. The lowest BCUT2D eigenvalue weighted by molar-refractivity contribution is -0.183. The van der Waals surface area contributed by atoms with E-state index in [1.165, 1.54) is 24.3 Å². The first-order valence-electron chi connectivity index (χ1n) is 11.9. The highest BCUT2D eigenvalue weighted by molar-refractivity contribution is 6.35. The number of fused-ring (bicyclic) bond motifs is 1. The van der Waals surface area contributed by atoms with Crippen molar-refractivity contribution in [1.82, 2.24) is 15.0 Å². The monoisotopic (exact) mass is 594 g/mol. The first-order chi connectivity index (χ1) is 18.4. The first-order valence-corrected chi connectivity index (χ1v) is 12.7. The highest BCUT2D eigenvalue weighted by Gasteiger charge is 2.41. The lowest BCUT2D eigenvalue weighted by Crippen LogP contribution is -2.27. The molecular weight excluding hydrogens is 573 g/mol. The van der Waals surface area contributed by atoms with Crippen LogP contribution in [0.25, 0.3) is 11.2 Å². The number of imidazole rings is 1. The second-order valence-corrected chi connectivity index (χ2v) is 9.92. The minimum atomic E-state index is -4.20. The van der Waals surface area contributed by atoms with Crippen LogP contribution in [0.4, 0.5) is 38.0 Å². The Morgan fingerprint density at radius 2 is 1.85 bits per heavy atom. The molecule has 0 spiro atoms. The molecular formula is C25H22Cl2F6N4O2. The zero-order valence-corrected chi connectivity index (χ0v) is 21.6. The number of ether oxygens (including phenoxy) is 1. The van der Waals surface area contributed by atoms with Gasteiger partial charge in [-0.3, -0.25) is 4.79 Å². The van der Waals surface area contributed by atoms with E-state index in [1.54, 1.807) is 6.08 Å². The van der Waals surface area contributed by atoms with Crippen molar-refractivity contribution in [3.05, 3.63) is 51.8 Å². The van der Waals surface area contributed by atoms with Crippen molar-refractivity contribution in [1.29, 1.82) is 0 Å². The van der Waals surface area contributed by atoms with E-state index in [9.17, 15) is 31.1 Å². The van der Waals surface area contributed by atoms with Gasteiger partial charge in [0.15, 0.2) is 23.9 Å². The van der Waals surface area contributed by atoms with E-state index in [0.717, 1.165) is 0 Å². The first kappa shape index (κ1) is 29.0. The highest BCUT2D eigenvalue weighted by atomic mass is 35.5. The number of pyridine rings is 1. The number of ketones is 1. The van der Waals surface area contributed by atoms with Gasteiger partial charge in [0.25, 0.3) is 6.43 Å². The average Bonchev–Trinajstić information content (AvgIpc) is 3.28. The van der Waals surface area contributed by atoms with E-state index >= 15 is 0 Å². The number of allylic oxidation sites excluding steroid dienone is 2. The minimum Gasteiger partial charge on any atom is -0.471 e. The van der Waals surface area contributed by atoms with Gasteiger partial charge >= 0.3 is 6.18 Å². The summed E-state index contributed by atoms with van der Waals surface area (Å²) in [6.07, 6.45) is -3.02. The molecule has 1 aliphatic rings. The summed E-state index contributed by atoms with van der Waals surface area (Å²) >= 11 is 11.8. The summed E-state index contributed by atoms with van der Waals surface area (Å²) in [5, 5.41) is 2.47. The SMILES string of the molecule is O=C(/C=C/CC1CCC(C(F)(F)F)CC1)c1cc2[nH]c(Nc3c(Cl)ccc(Cl)c3F)nc2nc1OCC(F)F. The molecule has 2 aromatic heterocycles. The van der Waals surface area contributed by atoms with Crippen molar-refractivity contribution < 1.29 is 35.9 Å². The second kappa shape index (κ2) is 12.0. The Balaban J connectivity index is 1.53. The fourth-order valence-electron chi connectivity index (χ4n) is 4.36. The van der Waals surface area contributed by atoms with E-state index in [0.29, 0.717) is 19.3 Å². The zero-order chi connectivity index (χ0) is 28.3. The number of aromatic amines is 1. The van der Waals surface area contributed by atoms with E-state index in [4.69, 9.17) is 27.9 Å². The van der Waals surface area contributed by atoms with Crippen molar-refractivity contribution in [2.24, 2.45) is 11.8 Å². The summed E-state index contributed by atoms with van der Waals surface area (Å²) in [6.45, 7) is -1.02. The average molecular weight is 595 g/mol.